The molecular formula is C21H25ClO3. The zero-order chi connectivity index (χ0) is 18.2. The lowest BCUT2D eigenvalue weighted by atomic mass is 10.0. The van der Waals surface area contributed by atoms with Gasteiger partial charge in [-0.2, -0.15) is 0 Å². The Kier molecular flexibility index (Phi) is 7.32. The van der Waals surface area contributed by atoms with Crippen molar-refractivity contribution in [3.63, 3.8) is 0 Å². The minimum atomic E-state index is -0.625. The lowest BCUT2D eigenvalue weighted by Gasteiger charge is -2.18. The second-order valence-electron chi connectivity index (χ2n) is 6.25. The molecule has 0 saturated carbocycles. The van der Waals surface area contributed by atoms with Gasteiger partial charge >= 0.3 is 5.97 Å². The maximum atomic E-state index is 12.2. The van der Waals surface area contributed by atoms with Gasteiger partial charge in [0.2, 0.25) is 0 Å². The van der Waals surface area contributed by atoms with Crippen LogP contribution < -0.4 is 4.74 Å². The van der Waals surface area contributed by atoms with Gasteiger partial charge in [-0.1, -0.05) is 49.7 Å². The topological polar surface area (TPSA) is 35.5 Å². The monoisotopic (exact) mass is 360 g/mol. The van der Waals surface area contributed by atoms with Gasteiger partial charge in [0.25, 0.3) is 0 Å². The molecule has 2 aromatic rings. The molecule has 2 aromatic carbocycles. The van der Waals surface area contributed by atoms with Crippen LogP contribution >= 0.6 is 11.6 Å². The van der Waals surface area contributed by atoms with Crippen LogP contribution in [0.5, 0.6) is 5.75 Å². The van der Waals surface area contributed by atoms with Gasteiger partial charge in [0.1, 0.15) is 5.75 Å². The summed E-state index contributed by atoms with van der Waals surface area (Å²) < 4.78 is 11.1. The zero-order valence-electron chi connectivity index (χ0n) is 15.0. The van der Waals surface area contributed by atoms with Crippen molar-refractivity contribution in [3.8, 4) is 5.75 Å². The van der Waals surface area contributed by atoms with E-state index < -0.39 is 6.10 Å². The molecule has 0 heterocycles. The molecule has 4 heteroatoms. The van der Waals surface area contributed by atoms with Gasteiger partial charge in [-0.3, -0.25) is 0 Å². The Morgan fingerprint density at radius 2 is 1.68 bits per heavy atom. The minimum absolute atomic E-state index is 0.329. The third-order valence-electron chi connectivity index (χ3n) is 3.98. The van der Waals surface area contributed by atoms with Gasteiger partial charge in [0, 0.05) is 5.02 Å². The Morgan fingerprint density at radius 1 is 1.04 bits per heavy atom. The number of halogens is 1. The van der Waals surface area contributed by atoms with E-state index in [1.165, 1.54) is 5.56 Å². The van der Waals surface area contributed by atoms with Crippen molar-refractivity contribution >= 4 is 17.6 Å². The van der Waals surface area contributed by atoms with Crippen LogP contribution in [0.3, 0.4) is 0 Å². The number of aryl methyl sites for hydroxylation is 1. The summed E-state index contributed by atoms with van der Waals surface area (Å²) in [5.41, 5.74) is 2.35. The first-order valence-corrected chi connectivity index (χ1v) is 9.05. The van der Waals surface area contributed by atoms with E-state index in [1.807, 2.05) is 48.5 Å². The summed E-state index contributed by atoms with van der Waals surface area (Å²) in [5, 5.41) is 0.701. The van der Waals surface area contributed by atoms with E-state index in [0.717, 1.165) is 5.56 Å². The predicted octanol–water partition coefficient (Wildman–Crippen LogP) is 5.41. The molecule has 0 amide bonds. The summed E-state index contributed by atoms with van der Waals surface area (Å²) in [6, 6.07) is 15.5. The lowest BCUT2D eigenvalue weighted by molar-refractivity contribution is -0.151. The number of hydrogen-bond acceptors (Lipinski definition) is 3. The Labute approximate surface area is 154 Å². The summed E-state index contributed by atoms with van der Waals surface area (Å²) in [6.07, 6.45) is 0.637. The summed E-state index contributed by atoms with van der Waals surface area (Å²) in [5.74, 6) is 0.808. The van der Waals surface area contributed by atoms with Crippen molar-refractivity contribution < 1.29 is 14.3 Å². The molecule has 0 radical (unpaired) electrons. The standard InChI is InChI=1S/C21H25ClO3/c1-4-24-21(23)20(14-7-16-5-10-18(22)11-6-16)25-19-12-8-17(9-13-19)15(2)3/h5-6,8-13,15,20H,4,7,14H2,1-3H3. The second-order valence-corrected chi connectivity index (χ2v) is 6.68. The molecule has 1 atom stereocenters. The van der Waals surface area contributed by atoms with E-state index >= 15 is 0 Å². The predicted molar refractivity (Wildman–Crippen MR) is 101 cm³/mol. The van der Waals surface area contributed by atoms with Crippen LogP contribution in [0.1, 0.15) is 44.2 Å². The van der Waals surface area contributed by atoms with Crippen LogP contribution in [0, 0.1) is 0 Å². The van der Waals surface area contributed by atoms with Crippen LogP contribution in [-0.4, -0.2) is 18.7 Å². The van der Waals surface area contributed by atoms with Crippen molar-refractivity contribution in [1.29, 1.82) is 0 Å². The number of carbonyl (C=O) groups is 1. The maximum Gasteiger partial charge on any atom is 0.347 e. The first-order valence-electron chi connectivity index (χ1n) is 8.67. The summed E-state index contributed by atoms with van der Waals surface area (Å²) >= 11 is 5.91. The highest BCUT2D eigenvalue weighted by Gasteiger charge is 2.22. The zero-order valence-corrected chi connectivity index (χ0v) is 15.8. The molecular weight excluding hydrogens is 336 g/mol. The third-order valence-corrected chi connectivity index (χ3v) is 4.24. The molecule has 0 spiro atoms. The molecule has 0 aromatic heterocycles. The van der Waals surface area contributed by atoms with Gasteiger partial charge in [-0.25, -0.2) is 4.79 Å². The van der Waals surface area contributed by atoms with Gasteiger partial charge < -0.3 is 9.47 Å². The molecule has 134 valence electrons. The van der Waals surface area contributed by atoms with Gasteiger partial charge in [-0.15, -0.1) is 0 Å². The fraction of sp³-hybridized carbons (Fsp3) is 0.381. The maximum absolute atomic E-state index is 12.2. The van der Waals surface area contributed by atoms with Crippen molar-refractivity contribution in [1.82, 2.24) is 0 Å². The molecule has 0 saturated heterocycles. The highest BCUT2D eigenvalue weighted by Crippen LogP contribution is 2.21. The number of benzene rings is 2. The molecule has 3 nitrogen and oxygen atoms in total. The van der Waals surface area contributed by atoms with Crippen LogP contribution in [0.2, 0.25) is 5.02 Å². The number of esters is 1. The molecule has 1 unspecified atom stereocenters. The van der Waals surface area contributed by atoms with Crippen molar-refractivity contribution in [2.24, 2.45) is 0 Å². The number of carbonyl (C=O) groups excluding carboxylic acids is 1. The first kappa shape index (κ1) is 19.3. The highest BCUT2D eigenvalue weighted by molar-refractivity contribution is 6.30. The number of hydrogen-bond donors (Lipinski definition) is 0. The number of rotatable bonds is 8. The van der Waals surface area contributed by atoms with E-state index in [4.69, 9.17) is 21.1 Å². The molecule has 0 aliphatic carbocycles. The first-order chi connectivity index (χ1) is 12.0. The Morgan fingerprint density at radius 3 is 2.24 bits per heavy atom. The number of ether oxygens (including phenoxy) is 2. The average molecular weight is 361 g/mol. The highest BCUT2D eigenvalue weighted by atomic mass is 35.5. The van der Waals surface area contributed by atoms with Crippen LogP contribution in [0.15, 0.2) is 48.5 Å². The fourth-order valence-corrected chi connectivity index (χ4v) is 2.63. The molecule has 0 fully saturated rings. The largest absolute Gasteiger partial charge is 0.479 e. The van der Waals surface area contributed by atoms with E-state index in [1.54, 1.807) is 6.92 Å². The van der Waals surface area contributed by atoms with Crippen LogP contribution in [0.4, 0.5) is 0 Å². The van der Waals surface area contributed by atoms with E-state index in [0.29, 0.717) is 36.1 Å². The molecule has 0 bridgehead atoms. The molecule has 0 aliphatic heterocycles. The van der Waals surface area contributed by atoms with E-state index in [-0.39, 0.29) is 5.97 Å². The molecule has 0 aliphatic rings. The fourth-order valence-electron chi connectivity index (χ4n) is 2.50. The van der Waals surface area contributed by atoms with Gasteiger partial charge in [-0.05, 0) is 61.1 Å². The van der Waals surface area contributed by atoms with E-state index in [2.05, 4.69) is 13.8 Å². The lowest BCUT2D eigenvalue weighted by Crippen LogP contribution is -2.30. The molecule has 25 heavy (non-hydrogen) atoms. The third kappa shape index (κ3) is 6.09. The second kappa shape index (κ2) is 9.47. The Balaban J connectivity index is 2.04. The van der Waals surface area contributed by atoms with Gasteiger partial charge in [0.05, 0.1) is 6.61 Å². The van der Waals surface area contributed by atoms with Crippen molar-refractivity contribution in [2.75, 3.05) is 6.61 Å². The summed E-state index contributed by atoms with van der Waals surface area (Å²) in [4.78, 5) is 12.2. The average Bonchev–Trinajstić information content (AvgIpc) is 2.60. The SMILES string of the molecule is CCOC(=O)C(CCc1ccc(Cl)cc1)Oc1ccc(C(C)C)cc1. The quantitative estimate of drug-likeness (QED) is 0.591. The van der Waals surface area contributed by atoms with Crippen molar-refractivity contribution in [3.05, 3.63) is 64.7 Å². The smallest absolute Gasteiger partial charge is 0.347 e. The normalized spacial score (nSPS) is 12.0. The van der Waals surface area contributed by atoms with E-state index in [9.17, 15) is 4.79 Å². The Bertz CT molecular complexity index is 663. The Hall–Kier alpha value is -2.00. The van der Waals surface area contributed by atoms with Crippen LogP contribution in [0.25, 0.3) is 0 Å². The summed E-state index contributed by atoms with van der Waals surface area (Å²) in [6.45, 7) is 6.42. The van der Waals surface area contributed by atoms with Crippen LogP contribution in [-0.2, 0) is 16.0 Å². The van der Waals surface area contributed by atoms with Crippen molar-refractivity contribution in [2.45, 2.75) is 45.6 Å². The minimum Gasteiger partial charge on any atom is -0.479 e. The summed E-state index contributed by atoms with van der Waals surface area (Å²) in [7, 11) is 0. The van der Waals surface area contributed by atoms with Gasteiger partial charge in [0.15, 0.2) is 6.10 Å². The molecule has 0 N–H and O–H groups in total. The molecule has 2 rings (SSSR count).